The minimum Gasteiger partial charge on any atom is -0.347 e. The van der Waals surface area contributed by atoms with Crippen LogP contribution in [-0.2, 0) is 14.3 Å². The van der Waals surface area contributed by atoms with Gasteiger partial charge < -0.3 is 9.47 Å². The molecule has 0 aromatic carbocycles. The van der Waals surface area contributed by atoms with Crippen LogP contribution in [0.3, 0.4) is 0 Å². The molecule has 0 amide bonds. The number of hydrogen-bond acceptors (Lipinski definition) is 5. The van der Waals surface area contributed by atoms with Crippen LogP contribution in [0.2, 0.25) is 0 Å². The van der Waals surface area contributed by atoms with Gasteiger partial charge in [-0.2, -0.15) is 0 Å². The highest BCUT2D eigenvalue weighted by Crippen LogP contribution is 2.68. The van der Waals surface area contributed by atoms with Gasteiger partial charge in [-0.25, -0.2) is 0 Å². The Morgan fingerprint density at radius 3 is 2.64 bits per heavy atom. The van der Waals surface area contributed by atoms with Crippen LogP contribution in [0.5, 0.6) is 0 Å². The van der Waals surface area contributed by atoms with Gasteiger partial charge in [0.2, 0.25) is 0 Å². The molecule has 3 saturated carbocycles. The molecule has 0 bridgehead atoms. The maximum Gasteiger partial charge on any atom is 0.174 e. The SMILES string of the molecule is CC[C@]12CC(=O)C3C4CCC5(C=C4CCC3C1CCC21OCCO1)SCCS5. The molecule has 5 heteroatoms. The number of fused-ring (bicyclic) bond motifs is 6. The van der Waals surface area contributed by atoms with Gasteiger partial charge in [-0.15, -0.1) is 23.5 Å². The van der Waals surface area contributed by atoms with Crippen molar-refractivity contribution in [2.45, 2.75) is 68.2 Å². The zero-order valence-corrected chi connectivity index (χ0v) is 18.5. The van der Waals surface area contributed by atoms with E-state index in [-0.39, 0.29) is 11.3 Å². The molecule has 4 aliphatic carbocycles. The van der Waals surface area contributed by atoms with Crippen molar-refractivity contribution in [1.82, 2.24) is 0 Å². The third-order valence-electron chi connectivity index (χ3n) is 9.14. The third-order valence-corrected chi connectivity index (χ3v) is 12.5. The fourth-order valence-corrected chi connectivity index (χ4v) is 11.3. The predicted octanol–water partition coefficient (Wildman–Crippen LogP) is 5.05. The summed E-state index contributed by atoms with van der Waals surface area (Å²) >= 11 is 4.30. The van der Waals surface area contributed by atoms with E-state index in [1.165, 1.54) is 43.6 Å². The molecule has 28 heavy (non-hydrogen) atoms. The van der Waals surface area contributed by atoms with Crippen molar-refractivity contribution in [3.05, 3.63) is 11.6 Å². The van der Waals surface area contributed by atoms with Crippen LogP contribution >= 0.6 is 23.5 Å². The van der Waals surface area contributed by atoms with E-state index in [1.807, 2.05) is 0 Å². The molecule has 154 valence electrons. The summed E-state index contributed by atoms with van der Waals surface area (Å²) in [6.07, 6.45) is 11.4. The summed E-state index contributed by atoms with van der Waals surface area (Å²) in [7, 11) is 0. The molecule has 5 fully saturated rings. The van der Waals surface area contributed by atoms with E-state index in [9.17, 15) is 4.79 Å². The molecule has 2 spiro atoms. The monoisotopic (exact) mass is 420 g/mol. The fraction of sp³-hybridized carbons (Fsp3) is 0.870. The van der Waals surface area contributed by atoms with E-state index >= 15 is 0 Å². The highest BCUT2D eigenvalue weighted by Gasteiger charge is 2.69. The molecule has 2 aliphatic heterocycles. The van der Waals surface area contributed by atoms with Gasteiger partial charge in [-0.1, -0.05) is 18.6 Å². The normalized spacial score (nSPS) is 45.8. The Bertz CT molecular complexity index is 707. The van der Waals surface area contributed by atoms with Crippen molar-refractivity contribution in [2.75, 3.05) is 24.7 Å². The summed E-state index contributed by atoms with van der Waals surface area (Å²) in [5.74, 6) is 4.59. The van der Waals surface area contributed by atoms with Crippen LogP contribution < -0.4 is 0 Å². The van der Waals surface area contributed by atoms with Crippen LogP contribution in [0.4, 0.5) is 0 Å². The molecule has 3 nitrogen and oxygen atoms in total. The summed E-state index contributed by atoms with van der Waals surface area (Å²) in [5, 5.41) is 0. The minimum atomic E-state index is -0.461. The first-order valence-electron chi connectivity index (χ1n) is 11.4. The Balaban J connectivity index is 1.34. The van der Waals surface area contributed by atoms with Crippen molar-refractivity contribution in [2.24, 2.45) is 29.1 Å². The summed E-state index contributed by atoms with van der Waals surface area (Å²) in [6.45, 7) is 3.67. The largest absolute Gasteiger partial charge is 0.347 e. The van der Waals surface area contributed by atoms with Crippen LogP contribution in [0.15, 0.2) is 11.6 Å². The number of ether oxygens (including phenoxy) is 2. The topological polar surface area (TPSA) is 35.5 Å². The van der Waals surface area contributed by atoms with Crippen molar-refractivity contribution in [3.63, 3.8) is 0 Å². The van der Waals surface area contributed by atoms with Crippen LogP contribution in [0, 0.1) is 29.1 Å². The van der Waals surface area contributed by atoms with E-state index < -0.39 is 5.79 Å². The predicted molar refractivity (Wildman–Crippen MR) is 114 cm³/mol. The highest BCUT2D eigenvalue weighted by atomic mass is 32.2. The Kier molecular flexibility index (Phi) is 4.37. The molecule has 0 radical (unpaired) electrons. The molecule has 0 N–H and O–H groups in total. The third kappa shape index (κ3) is 2.37. The maximum absolute atomic E-state index is 13.7. The highest BCUT2D eigenvalue weighted by molar-refractivity contribution is 8.21. The first-order chi connectivity index (χ1) is 13.6. The number of carbonyl (C=O) groups is 1. The van der Waals surface area contributed by atoms with Crippen molar-refractivity contribution >= 4 is 29.3 Å². The van der Waals surface area contributed by atoms with E-state index in [2.05, 4.69) is 36.5 Å². The number of allylic oxidation sites excluding steroid dienone is 1. The zero-order valence-electron chi connectivity index (χ0n) is 16.9. The van der Waals surface area contributed by atoms with E-state index in [0.717, 1.165) is 12.8 Å². The van der Waals surface area contributed by atoms with Crippen LogP contribution in [0.1, 0.15) is 58.3 Å². The van der Waals surface area contributed by atoms with Gasteiger partial charge in [0.15, 0.2) is 5.79 Å². The maximum atomic E-state index is 13.7. The number of ketones is 1. The molecular formula is C23H32O3S2. The average Bonchev–Trinajstić information content (AvgIpc) is 3.43. The fourth-order valence-electron chi connectivity index (χ4n) is 8.11. The van der Waals surface area contributed by atoms with Crippen molar-refractivity contribution in [1.29, 1.82) is 0 Å². The number of thioether (sulfide) groups is 2. The second-order valence-corrected chi connectivity index (χ2v) is 13.0. The first-order valence-corrected chi connectivity index (χ1v) is 13.4. The number of Topliss-reactive ketones (excluding diaryl/α,β-unsaturated/α-hetero) is 1. The number of rotatable bonds is 1. The molecule has 0 aromatic heterocycles. The second kappa shape index (κ2) is 6.51. The van der Waals surface area contributed by atoms with Gasteiger partial charge in [-0.05, 0) is 56.3 Å². The summed E-state index contributed by atoms with van der Waals surface area (Å²) in [4.78, 5) is 13.7. The van der Waals surface area contributed by atoms with Gasteiger partial charge >= 0.3 is 0 Å². The summed E-state index contributed by atoms with van der Waals surface area (Å²) in [5.41, 5.74) is 1.56. The molecular weight excluding hydrogens is 388 g/mol. The molecule has 2 saturated heterocycles. The first kappa shape index (κ1) is 18.8. The van der Waals surface area contributed by atoms with E-state index in [1.54, 1.807) is 5.57 Å². The lowest BCUT2D eigenvalue weighted by Crippen LogP contribution is -2.57. The summed E-state index contributed by atoms with van der Waals surface area (Å²) < 4.78 is 12.9. The van der Waals surface area contributed by atoms with Crippen LogP contribution in [-0.4, -0.2) is 40.4 Å². The number of hydrogen-bond donors (Lipinski definition) is 0. The smallest absolute Gasteiger partial charge is 0.174 e. The molecule has 0 aromatic rings. The van der Waals surface area contributed by atoms with Gasteiger partial charge in [0, 0.05) is 35.7 Å². The Hall–Kier alpha value is 0.0300. The van der Waals surface area contributed by atoms with E-state index in [4.69, 9.17) is 9.47 Å². The lowest BCUT2D eigenvalue weighted by molar-refractivity contribution is -0.244. The second-order valence-electron chi connectivity index (χ2n) is 9.85. The lowest BCUT2D eigenvalue weighted by atomic mass is 9.50. The summed E-state index contributed by atoms with van der Waals surface area (Å²) in [6, 6.07) is 0. The van der Waals surface area contributed by atoms with Crippen LogP contribution in [0.25, 0.3) is 0 Å². The van der Waals surface area contributed by atoms with Gasteiger partial charge in [0.25, 0.3) is 0 Å². The zero-order chi connectivity index (χ0) is 19.0. The van der Waals surface area contributed by atoms with Gasteiger partial charge in [0.1, 0.15) is 5.78 Å². The van der Waals surface area contributed by atoms with Gasteiger partial charge in [-0.3, -0.25) is 4.79 Å². The quantitative estimate of drug-likeness (QED) is 0.555. The Morgan fingerprint density at radius 1 is 1.11 bits per heavy atom. The molecule has 2 heterocycles. The molecule has 6 rings (SSSR count). The Labute approximate surface area is 177 Å². The Morgan fingerprint density at radius 2 is 1.89 bits per heavy atom. The van der Waals surface area contributed by atoms with Crippen molar-refractivity contribution < 1.29 is 14.3 Å². The minimum absolute atomic E-state index is 0.0734. The van der Waals surface area contributed by atoms with E-state index in [0.29, 0.717) is 47.3 Å². The molecule has 5 atom stereocenters. The lowest BCUT2D eigenvalue weighted by Gasteiger charge is -2.56. The number of carbonyl (C=O) groups excluding carboxylic acids is 1. The van der Waals surface area contributed by atoms with Gasteiger partial charge in [0.05, 0.1) is 17.3 Å². The standard InChI is InChI=1S/C23H32O3S2/c1-2-21-14-19(24)20-16-5-7-22(27-11-12-28-22)13-15(16)3-4-17(20)18(21)6-8-23(21)25-9-10-26-23/h13,16-18,20H,2-12,14H2,1H3/t16?,17?,18?,20?,21-/m0/s1. The molecule has 4 unspecified atom stereocenters. The molecule has 6 aliphatic rings. The van der Waals surface area contributed by atoms with Crippen molar-refractivity contribution in [3.8, 4) is 0 Å². The average molecular weight is 421 g/mol.